The molecule has 0 aliphatic carbocycles. The molecule has 2 aliphatic heterocycles. The quantitative estimate of drug-likeness (QED) is 0.940. The van der Waals surface area contributed by atoms with Crippen LogP contribution in [0.2, 0.25) is 0 Å². The molecule has 2 fully saturated rings. The van der Waals surface area contributed by atoms with Crippen LogP contribution in [0.25, 0.3) is 11.1 Å². The van der Waals surface area contributed by atoms with Gasteiger partial charge in [-0.25, -0.2) is 0 Å². The lowest BCUT2D eigenvalue weighted by molar-refractivity contribution is -0.112. The Morgan fingerprint density at radius 3 is 2.92 bits per heavy atom. The van der Waals surface area contributed by atoms with Gasteiger partial charge in [0, 0.05) is 37.2 Å². The average Bonchev–Trinajstić information content (AvgIpc) is 3.02. The zero-order valence-corrected chi connectivity index (χ0v) is 14.2. The van der Waals surface area contributed by atoms with Crippen molar-refractivity contribution < 1.29 is 9.57 Å². The van der Waals surface area contributed by atoms with Crippen molar-refractivity contribution in [3.63, 3.8) is 0 Å². The molecule has 2 aromatic carbocycles. The third-order valence-electron chi connectivity index (χ3n) is 5.31. The van der Waals surface area contributed by atoms with E-state index >= 15 is 0 Å². The minimum Gasteiger partial charge on any atom is -0.496 e. The van der Waals surface area contributed by atoms with E-state index < -0.39 is 0 Å². The highest BCUT2D eigenvalue weighted by atomic mass is 16.7. The highest BCUT2D eigenvalue weighted by Crippen LogP contribution is 2.35. The van der Waals surface area contributed by atoms with Crippen LogP contribution in [0, 0.1) is 5.92 Å². The molecule has 0 aromatic heterocycles. The Kier molecular flexibility index (Phi) is 4.27. The van der Waals surface area contributed by atoms with Gasteiger partial charge in [-0.15, -0.1) is 0 Å². The van der Waals surface area contributed by atoms with Gasteiger partial charge in [-0.3, -0.25) is 4.84 Å². The molecule has 3 atom stereocenters. The number of para-hydroxylation sites is 1. The summed E-state index contributed by atoms with van der Waals surface area (Å²) in [5, 5.41) is 5.74. The number of ether oxygens (including phenoxy) is 1. The maximum absolute atomic E-state index is 5.68. The van der Waals surface area contributed by atoms with E-state index in [1.807, 2.05) is 17.2 Å². The average molecular weight is 324 g/mol. The Bertz CT molecular complexity index is 718. The summed E-state index contributed by atoms with van der Waals surface area (Å²) in [5.74, 6) is 1.51. The van der Waals surface area contributed by atoms with Crippen LogP contribution in [0.15, 0.2) is 48.5 Å². The Morgan fingerprint density at radius 1 is 1.17 bits per heavy atom. The van der Waals surface area contributed by atoms with Crippen LogP contribution in [0.3, 0.4) is 0 Å². The molecule has 4 heteroatoms. The van der Waals surface area contributed by atoms with E-state index in [4.69, 9.17) is 9.57 Å². The predicted molar refractivity (Wildman–Crippen MR) is 94.8 cm³/mol. The molecule has 0 radical (unpaired) electrons. The van der Waals surface area contributed by atoms with Crippen LogP contribution >= 0.6 is 0 Å². The van der Waals surface area contributed by atoms with E-state index in [9.17, 15) is 0 Å². The summed E-state index contributed by atoms with van der Waals surface area (Å²) in [6.45, 7) is 1.85. The molecule has 0 unspecified atom stereocenters. The van der Waals surface area contributed by atoms with Crippen LogP contribution in [0.4, 0.5) is 0 Å². The maximum atomic E-state index is 5.68. The van der Waals surface area contributed by atoms with Gasteiger partial charge in [-0.2, -0.15) is 5.06 Å². The second-order valence-electron chi connectivity index (χ2n) is 6.69. The SMILES string of the molecule is COc1ccccc1-c1cccc([C@@H]2C[C@H]3[C@@H](CN2)CON3C)c1. The molecular formula is C20H24N2O2. The molecule has 126 valence electrons. The summed E-state index contributed by atoms with van der Waals surface area (Å²) in [4.78, 5) is 5.68. The minimum absolute atomic E-state index is 0.366. The molecule has 2 aromatic rings. The normalized spacial score (nSPS) is 27.0. The Morgan fingerprint density at radius 2 is 2.04 bits per heavy atom. The second-order valence-corrected chi connectivity index (χ2v) is 6.69. The number of nitrogens with zero attached hydrogens (tertiary/aromatic N) is 1. The molecule has 24 heavy (non-hydrogen) atoms. The van der Waals surface area contributed by atoms with Gasteiger partial charge in [-0.1, -0.05) is 36.4 Å². The molecule has 0 spiro atoms. The fourth-order valence-corrected chi connectivity index (χ4v) is 3.93. The van der Waals surface area contributed by atoms with E-state index in [1.165, 1.54) is 11.1 Å². The van der Waals surface area contributed by atoms with Crippen molar-refractivity contribution in [2.45, 2.75) is 18.5 Å². The summed E-state index contributed by atoms with van der Waals surface area (Å²) in [5.41, 5.74) is 3.67. The number of rotatable bonds is 3. The fourth-order valence-electron chi connectivity index (χ4n) is 3.93. The van der Waals surface area contributed by atoms with Crippen LogP contribution in [-0.2, 0) is 4.84 Å². The summed E-state index contributed by atoms with van der Waals surface area (Å²) in [6.07, 6.45) is 1.08. The van der Waals surface area contributed by atoms with Crippen LogP contribution in [0.5, 0.6) is 5.75 Å². The Balaban J connectivity index is 1.61. The minimum atomic E-state index is 0.366. The van der Waals surface area contributed by atoms with E-state index in [-0.39, 0.29) is 0 Å². The van der Waals surface area contributed by atoms with E-state index in [0.29, 0.717) is 18.0 Å². The summed E-state index contributed by atoms with van der Waals surface area (Å²) < 4.78 is 5.52. The van der Waals surface area contributed by atoms with Gasteiger partial charge in [0.25, 0.3) is 0 Å². The first-order valence-corrected chi connectivity index (χ1v) is 8.58. The van der Waals surface area contributed by atoms with Gasteiger partial charge in [0.15, 0.2) is 0 Å². The first kappa shape index (κ1) is 15.6. The van der Waals surface area contributed by atoms with E-state index in [0.717, 1.165) is 30.9 Å². The van der Waals surface area contributed by atoms with E-state index in [1.54, 1.807) is 7.11 Å². The number of hydrogen-bond donors (Lipinski definition) is 1. The number of piperidine rings is 1. The van der Waals surface area contributed by atoms with E-state index in [2.05, 4.69) is 48.8 Å². The van der Waals surface area contributed by atoms with Gasteiger partial charge in [0.1, 0.15) is 5.75 Å². The number of benzene rings is 2. The third-order valence-corrected chi connectivity index (χ3v) is 5.31. The largest absolute Gasteiger partial charge is 0.496 e. The van der Waals surface area contributed by atoms with Crippen molar-refractivity contribution in [2.75, 3.05) is 27.3 Å². The van der Waals surface area contributed by atoms with Gasteiger partial charge < -0.3 is 10.1 Å². The molecule has 4 nitrogen and oxygen atoms in total. The predicted octanol–water partition coefficient (Wildman–Crippen LogP) is 3.26. The van der Waals surface area contributed by atoms with Crippen molar-refractivity contribution in [1.82, 2.24) is 10.4 Å². The highest BCUT2D eigenvalue weighted by Gasteiger charge is 2.38. The topological polar surface area (TPSA) is 33.7 Å². The zero-order valence-electron chi connectivity index (χ0n) is 14.2. The standard InChI is InChI=1S/C20H24N2O2/c1-22-19-11-18(21-12-16(19)13-24-22)15-7-5-6-14(10-15)17-8-3-4-9-20(17)23-2/h3-10,16,18-19,21H,11-13H2,1-2H3/t16-,18-,19-/m0/s1. The maximum Gasteiger partial charge on any atom is 0.126 e. The molecular weight excluding hydrogens is 300 g/mol. The van der Waals surface area contributed by atoms with Gasteiger partial charge in [0.2, 0.25) is 0 Å². The Hall–Kier alpha value is -1.88. The number of fused-ring (bicyclic) bond motifs is 1. The summed E-state index contributed by atoms with van der Waals surface area (Å²) in [7, 11) is 3.78. The second kappa shape index (κ2) is 6.55. The van der Waals surface area contributed by atoms with Crippen molar-refractivity contribution in [2.24, 2.45) is 5.92 Å². The van der Waals surface area contributed by atoms with Gasteiger partial charge in [-0.05, 0) is 29.7 Å². The van der Waals surface area contributed by atoms with Crippen LogP contribution in [-0.4, -0.2) is 38.4 Å². The summed E-state index contributed by atoms with van der Waals surface area (Å²) >= 11 is 0. The fraction of sp³-hybridized carbons (Fsp3) is 0.400. The van der Waals surface area contributed by atoms with Gasteiger partial charge in [0.05, 0.1) is 13.7 Å². The van der Waals surface area contributed by atoms with Crippen molar-refractivity contribution in [3.8, 4) is 16.9 Å². The van der Waals surface area contributed by atoms with Gasteiger partial charge >= 0.3 is 0 Å². The molecule has 1 N–H and O–H groups in total. The number of hydrogen-bond acceptors (Lipinski definition) is 4. The molecule has 2 saturated heterocycles. The molecule has 4 rings (SSSR count). The Labute approximate surface area is 143 Å². The van der Waals surface area contributed by atoms with Crippen molar-refractivity contribution >= 4 is 0 Å². The summed E-state index contributed by atoms with van der Waals surface area (Å²) in [6, 6.07) is 17.8. The van der Waals surface area contributed by atoms with Crippen LogP contribution in [0.1, 0.15) is 18.0 Å². The molecule has 0 saturated carbocycles. The lowest BCUT2D eigenvalue weighted by Gasteiger charge is -2.34. The van der Waals surface area contributed by atoms with Crippen molar-refractivity contribution in [1.29, 1.82) is 0 Å². The lowest BCUT2D eigenvalue weighted by atomic mass is 9.86. The smallest absolute Gasteiger partial charge is 0.126 e. The highest BCUT2D eigenvalue weighted by molar-refractivity contribution is 5.71. The zero-order chi connectivity index (χ0) is 16.5. The first-order valence-electron chi connectivity index (χ1n) is 8.58. The molecule has 2 aliphatic rings. The monoisotopic (exact) mass is 324 g/mol. The molecule has 0 bridgehead atoms. The number of hydroxylamine groups is 2. The van der Waals surface area contributed by atoms with Crippen molar-refractivity contribution in [3.05, 3.63) is 54.1 Å². The molecule has 0 amide bonds. The van der Waals surface area contributed by atoms with Crippen LogP contribution < -0.4 is 10.1 Å². The number of nitrogens with one attached hydrogen (secondary N) is 1. The number of methoxy groups -OCH3 is 1. The molecule has 2 heterocycles. The third kappa shape index (κ3) is 2.81. The lowest BCUT2D eigenvalue weighted by Crippen LogP contribution is -2.44. The first-order chi connectivity index (χ1) is 11.8.